The SMILES string of the molecule is Cc1ccc(C2(c3ccc(OC(=O)[C@H](Cc4ccccc4)NC(=O)OC(C)(C)C)cc3)C(=O)Nc3c2ccc(F)c3F)cc1. The second-order valence-electron chi connectivity index (χ2n) is 11.7. The first-order chi connectivity index (χ1) is 20.9. The van der Waals surface area contributed by atoms with E-state index in [4.69, 9.17) is 9.47 Å². The predicted octanol–water partition coefficient (Wildman–Crippen LogP) is 6.60. The van der Waals surface area contributed by atoms with Gasteiger partial charge in [0.1, 0.15) is 22.8 Å². The molecule has 226 valence electrons. The minimum atomic E-state index is -1.49. The third-order valence-electron chi connectivity index (χ3n) is 7.33. The zero-order valence-electron chi connectivity index (χ0n) is 24.7. The van der Waals surface area contributed by atoms with Crippen molar-refractivity contribution in [1.29, 1.82) is 0 Å². The standard InChI is InChI=1S/C35H32F2N2O5/c1-21-10-12-23(13-11-21)35(26-18-19-27(36)29(37)30(26)39-32(35)41)24-14-16-25(17-15-24)43-31(40)28(20-22-8-6-5-7-9-22)38-33(42)44-34(2,3)4/h5-19,28H,20H2,1-4H3,(H,38,42)(H,39,41)/t28-,35?/m0/s1. The molecule has 0 aliphatic carbocycles. The molecule has 1 aliphatic heterocycles. The summed E-state index contributed by atoms with van der Waals surface area (Å²) in [6.07, 6.45) is -0.604. The highest BCUT2D eigenvalue weighted by Crippen LogP contribution is 2.49. The fourth-order valence-corrected chi connectivity index (χ4v) is 5.31. The Kier molecular flexibility index (Phi) is 8.23. The summed E-state index contributed by atoms with van der Waals surface area (Å²) in [4.78, 5) is 39.6. The number of aryl methyl sites for hydroxylation is 1. The van der Waals surface area contributed by atoms with Crippen LogP contribution in [0.2, 0.25) is 0 Å². The number of nitrogens with one attached hydrogen (secondary N) is 2. The maximum atomic E-state index is 14.8. The number of carbonyl (C=O) groups is 3. The summed E-state index contributed by atoms with van der Waals surface area (Å²) in [7, 11) is 0. The Morgan fingerprint density at radius 2 is 1.50 bits per heavy atom. The van der Waals surface area contributed by atoms with Crippen LogP contribution in [0.25, 0.3) is 0 Å². The molecule has 1 unspecified atom stereocenters. The van der Waals surface area contributed by atoms with Gasteiger partial charge in [0.2, 0.25) is 5.91 Å². The second-order valence-corrected chi connectivity index (χ2v) is 11.7. The van der Waals surface area contributed by atoms with E-state index in [9.17, 15) is 23.2 Å². The number of benzene rings is 4. The van der Waals surface area contributed by atoms with Crippen molar-refractivity contribution in [2.24, 2.45) is 0 Å². The molecule has 0 aromatic heterocycles. The summed E-state index contributed by atoms with van der Waals surface area (Å²) in [6, 6.07) is 23.9. The van der Waals surface area contributed by atoms with E-state index in [-0.39, 0.29) is 23.4 Å². The van der Waals surface area contributed by atoms with Crippen molar-refractivity contribution < 1.29 is 32.6 Å². The van der Waals surface area contributed by atoms with Gasteiger partial charge in [-0.1, -0.05) is 78.4 Å². The smallest absolute Gasteiger partial charge is 0.408 e. The van der Waals surface area contributed by atoms with E-state index in [1.807, 2.05) is 49.4 Å². The van der Waals surface area contributed by atoms with Gasteiger partial charge in [0.05, 0.1) is 5.69 Å². The van der Waals surface area contributed by atoms with Crippen LogP contribution in [-0.2, 0) is 26.2 Å². The number of ether oxygens (including phenoxy) is 2. The van der Waals surface area contributed by atoms with Crippen LogP contribution in [0.3, 0.4) is 0 Å². The first-order valence-corrected chi connectivity index (χ1v) is 14.1. The van der Waals surface area contributed by atoms with Crippen molar-refractivity contribution in [2.45, 2.75) is 51.2 Å². The summed E-state index contributed by atoms with van der Waals surface area (Å²) < 4.78 is 40.0. The zero-order chi connectivity index (χ0) is 31.6. The fourth-order valence-electron chi connectivity index (χ4n) is 5.31. The van der Waals surface area contributed by atoms with Crippen LogP contribution in [0.4, 0.5) is 19.3 Å². The highest BCUT2D eigenvalue weighted by molar-refractivity contribution is 6.11. The zero-order valence-corrected chi connectivity index (χ0v) is 24.7. The predicted molar refractivity (Wildman–Crippen MR) is 161 cm³/mol. The Labute approximate surface area is 254 Å². The van der Waals surface area contributed by atoms with Crippen LogP contribution >= 0.6 is 0 Å². The molecule has 44 heavy (non-hydrogen) atoms. The molecule has 1 heterocycles. The first-order valence-electron chi connectivity index (χ1n) is 14.1. The Balaban J connectivity index is 1.47. The van der Waals surface area contributed by atoms with E-state index < -0.39 is 46.7 Å². The molecule has 9 heteroatoms. The highest BCUT2D eigenvalue weighted by Gasteiger charge is 2.51. The van der Waals surface area contributed by atoms with E-state index in [2.05, 4.69) is 10.6 Å². The van der Waals surface area contributed by atoms with Gasteiger partial charge < -0.3 is 20.1 Å². The third kappa shape index (κ3) is 6.04. The molecule has 0 fully saturated rings. The number of anilines is 1. The second kappa shape index (κ2) is 11.9. The van der Waals surface area contributed by atoms with Gasteiger partial charge in [-0.05, 0) is 62.6 Å². The van der Waals surface area contributed by atoms with Crippen molar-refractivity contribution in [3.8, 4) is 5.75 Å². The number of hydrogen-bond donors (Lipinski definition) is 2. The van der Waals surface area contributed by atoms with Crippen LogP contribution in [0.1, 0.15) is 48.6 Å². The third-order valence-corrected chi connectivity index (χ3v) is 7.33. The summed E-state index contributed by atoms with van der Waals surface area (Å²) in [5, 5.41) is 5.14. The molecule has 1 aliphatic rings. The molecule has 2 atom stereocenters. The lowest BCUT2D eigenvalue weighted by molar-refractivity contribution is -0.136. The number of esters is 1. The molecule has 2 amide bonds. The van der Waals surface area contributed by atoms with Gasteiger partial charge in [-0.15, -0.1) is 0 Å². The average molecular weight is 599 g/mol. The van der Waals surface area contributed by atoms with Gasteiger partial charge in [-0.25, -0.2) is 18.4 Å². The molecule has 0 saturated heterocycles. The molecule has 2 N–H and O–H groups in total. The quantitative estimate of drug-likeness (QED) is 0.185. The molecule has 4 aromatic carbocycles. The lowest BCUT2D eigenvalue weighted by atomic mass is 9.70. The number of amides is 2. The largest absolute Gasteiger partial charge is 0.444 e. The molecule has 0 saturated carbocycles. The van der Waals surface area contributed by atoms with Crippen LogP contribution in [0.15, 0.2) is 91.0 Å². The number of carbonyl (C=O) groups excluding carboxylic acids is 3. The molecule has 4 aromatic rings. The van der Waals surface area contributed by atoms with E-state index in [0.717, 1.165) is 17.2 Å². The van der Waals surface area contributed by atoms with Crippen LogP contribution in [-0.4, -0.2) is 29.6 Å². The normalized spacial score (nSPS) is 16.5. The summed E-state index contributed by atoms with van der Waals surface area (Å²) in [5.74, 6) is -3.32. The number of rotatable bonds is 7. The highest BCUT2D eigenvalue weighted by atomic mass is 19.2. The molecular weight excluding hydrogens is 566 g/mol. The molecule has 0 spiro atoms. The number of alkyl carbamates (subject to hydrolysis) is 1. The maximum absolute atomic E-state index is 14.8. The van der Waals surface area contributed by atoms with E-state index in [0.29, 0.717) is 11.1 Å². The van der Waals surface area contributed by atoms with Gasteiger partial charge >= 0.3 is 12.1 Å². The van der Waals surface area contributed by atoms with E-state index >= 15 is 0 Å². The summed E-state index contributed by atoms with van der Waals surface area (Å²) >= 11 is 0. The Bertz CT molecular complexity index is 1700. The minimum Gasteiger partial charge on any atom is -0.444 e. The number of fused-ring (bicyclic) bond motifs is 1. The molecule has 0 radical (unpaired) electrons. The lowest BCUT2D eigenvalue weighted by Crippen LogP contribution is -2.46. The van der Waals surface area contributed by atoms with Gasteiger partial charge in [0.15, 0.2) is 11.6 Å². The molecular formula is C35H32F2N2O5. The van der Waals surface area contributed by atoms with Crippen LogP contribution in [0, 0.1) is 18.6 Å². The molecule has 5 rings (SSSR count). The Morgan fingerprint density at radius 3 is 2.11 bits per heavy atom. The fraction of sp³-hybridized carbons (Fsp3) is 0.229. The Hall–Kier alpha value is -5.05. The van der Waals surface area contributed by atoms with E-state index in [1.54, 1.807) is 45.0 Å². The van der Waals surface area contributed by atoms with Crippen LogP contribution < -0.4 is 15.4 Å². The summed E-state index contributed by atoms with van der Waals surface area (Å²) in [5.41, 5.74) is 0.552. The topological polar surface area (TPSA) is 93.7 Å². The van der Waals surface area contributed by atoms with Crippen molar-refractivity contribution in [2.75, 3.05) is 5.32 Å². The van der Waals surface area contributed by atoms with E-state index in [1.165, 1.54) is 18.2 Å². The maximum Gasteiger partial charge on any atom is 0.408 e. The van der Waals surface area contributed by atoms with Crippen molar-refractivity contribution in [1.82, 2.24) is 5.32 Å². The van der Waals surface area contributed by atoms with Crippen molar-refractivity contribution in [3.05, 3.63) is 130 Å². The van der Waals surface area contributed by atoms with Crippen molar-refractivity contribution >= 4 is 23.7 Å². The average Bonchev–Trinajstić information content (AvgIpc) is 3.28. The summed E-state index contributed by atoms with van der Waals surface area (Å²) in [6.45, 7) is 7.06. The lowest BCUT2D eigenvalue weighted by Gasteiger charge is -2.29. The first kappa shape index (κ1) is 30.4. The van der Waals surface area contributed by atoms with Gasteiger partial charge in [0, 0.05) is 12.0 Å². The molecule has 0 bridgehead atoms. The number of halogens is 2. The minimum absolute atomic E-state index is 0.158. The van der Waals surface area contributed by atoms with Gasteiger partial charge in [-0.3, -0.25) is 4.79 Å². The molecule has 7 nitrogen and oxygen atoms in total. The van der Waals surface area contributed by atoms with Crippen molar-refractivity contribution in [3.63, 3.8) is 0 Å². The monoisotopic (exact) mass is 598 g/mol. The number of hydrogen-bond acceptors (Lipinski definition) is 5. The van der Waals surface area contributed by atoms with Gasteiger partial charge in [0.25, 0.3) is 0 Å². The van der Waals surface area contributed by atoms with Gasteiger partial charge in [-0.2, -0.15) is 0 Å². The van der Waals surface area contributed by atoms with Crippen LogP contribution in [0.5, 0.6) is 5.75 Å². The Morgan fingerprint density at radius 1 is 0.886 bits per heavy atom.